The average Bonchev–Trinajstić information content (AvgIpc) is 3.23. The first-order valence-corrected chi connectivity index (χ1v) is 9.08. The Bertz CT molecular complexity index is 851. The number of hydrogen-bond donors (Lipinski definition) is 1. The monoisotopic (exact) mass is 378 g/mol. The lowest BCUT2D eigenvalue weighted by atomic mass is 10.2. The molecular weight excluding hydrogens is 360 g/mol. The van der Waals surface area contributed by atoms with Crippen molar-refractivity contribution in [2.45, 2.75) is 25.5 Å². The molecule has 1 aliphatic rings. The van der Waals surface area contributed by atoms with Crippen LogP contribution in [0.3, 0.4) is 0 Å². The molecule has 0 saturated carbocycles. The summed E-state index contributed by atoms with van der Waals surface area (Å²) in [7, 11) is 1.32. The summed E-state index contributed by atoms with van der Waals surface area (Å²) in [6.45, 7) is 1.29. The van der Waals surface area contributed by atoms with Crippen molar-refractivity contribution in [1.82, 2.24) is 4.57 Å². The van der Waals surface area contributed by atoms with Crippen molar-refractivity contribution in [3.63, 3.8) is 0 Å². The summed E-state index contributed by atoms with van der Waals surface area (Å²) in [6.07, 6.45) is 3.59. The zero-order chi connectivity index (χ0) is 17.8. The van der Waals surface area contributed by atoms with Crippen LogP contribution in [-0.4, -0.2) is 41.7 Å². The highest BCUT2D eigenvalue weighted by molar-refractivity contribution is 7.73. The Kier molecular flexibility index (Phi) is 5.62. The van der Waals surface area contributed by atoms with Gasteiger partial charge in [0.05, 0.1) is 37.2 Å². The molecule has 1 aromatic carbocycles. The van der Waals surface area contributed by atoms with Crippen LogP contribution in [-0.2, 0) is 16.0 Å². The van der Waals surface area contributed by atoms with E-state index in [9.17, 15) is 9.90 Å². The van der Waals surface area contributed by atoms with E-state index >= 15 is 0 Å². The Labute approximate surface area is 154 Å². The molecule has 1 aromatic heterocycles. The van der Waals surface area contributed by atoms with Gasteiger partial charge in [0.15, 0.2) is 3.95 Å². The first-order valence-electron chi connectivity index (χ1n) is 7.85. The van der Waals surface area contributed by atoms with Crippen molar-refractivity contribution in [3.05, 3.63) is 38.7 Å². The number of ether oxygens (including phenoxy) is 2. The van der Waals surface area contributed by atoms with Gasteiger partial charge in [-0.25, -0.2) is 4.79 Å². The standard InChI is InChI=1S/C17H18N2O4S2/c1-22-16(21)12-6-2-3-7-13(12)18-9-14-15(20)19(17(24)25-14)10-11-5-4-8-23-11/h2-3,6-7,9,11,20H,4-5,8,10H2,1H3/t11-/m0/s1. The Morgan fingerprint density at radius 3 is 3.08 bits per heavy atom. The van der Waals surface area contributed by atoms with Gasteiger partial charge in [0.1, 0.15) is 4.88 Å². The van der Waals surface area contributed by atoms with Crippen LogP contribution in [0.25, 0.3) is 0 Å². The third-order valence-electron chi connectivity index (χ3n) is 3.93. The smallest absolute Gasteiger partial charge is 0.340 e. The van der Waals surface area contributed by atoms with Crippen LogP contribution in [0.15, 0.2) is 29.3 Å². The molecule has 0 unspecified atom stereocenters. The van der Waals surface area contributed by atoms with Gasteiger partial charge in [-0.1, -0.05) is 23.5 Å². The highest BCUT2D eigenvalue weighted by Gasteiger charge is 2.19. The number of aromatic nitrogens is 1. The molecule has 2 aromatic rings. The fraction of sp³-hybridized carbons (Fsp3) is 0.353. The lowest BCUT2D eigenvalue weighted by Crippen LogP contribution is -2.14. The third-order valence-corrected chi connectivity index (χ3v) is 5.31. The summed E-state index contributed by atoms with van der Waals surface area (Å²) >= 11 is 6.61. The number of hydrogen-bond acceptors (Lipinski definition) is 7. The Balaban J connectivity index is 1.85. The summed E-state index contributed by atoms with van der Waals surface area (Å²) in [5.41, 5.74) is 0.835. The number of aliphatic imine (C=N–C) groups is 1. The van der Waals surface area contributed by atoms with Gasteiger partial charge in [-0.15, -0.1) is 0 Å². The zero-order valence-corrected chi connectivity index (χ0v) is 15.3. The van der Waals surface area contributed by atoms with Crippen LogP contribution < -0.4 is 0 Å². The SMILES string of the molecule is COC(=O)c1ccccc1N=Cc1sc(=S)n(C[C@@H]2CCCO2)c1O. The van der Waals surface area contributed by atoms with Crippen LogP contribution in [0.5, 0.6) is 5.88 Å². The van der Waals surface area contributed by atoms with E-state index in [4.69, 9.17) is 21.7 Å². The van der Waals surface area contributed by atoms with E-state index in [0.29, 0.717) is 26.6 Å². The maximum atomic E-state index is 11.8. The maximum absolute atomic E-state index is 11.8. The van der Waals surface area contributed by atoms with Crippen LogP contribution >= 0.6 is 23.6 Å². The molecule has 2 heterocycles. The number of carbonyl (C=O) groups excluding carboxylic acids is 1. The molecule has 1 aliphatic heterocycles. The normalized spacial score (nSPS) is 17.2. The second-order valence-corrected chi connectivity index (χ2v) is 7.24. The van der Waals surface area contributed by atoms with Crippen molar-refractivity contribution in [1.29, 1.82) is 0 Å². The number of methoxy groups -OCH3 is 1. The Morgan fingerprint density at radius 2 is 2.36 bits per heavy atom. The summed E-state index contributed by atoms with van der Waals surface area (Å²) in [5.74, 6) is -0.384. The van der Waals surface area contributed by atoms with Crippen molar-refractivity contribution in [2.24, 2.45) is 4.99 Å². The van der Waals surface area contributed by atoms with Crippen LogP contribution in [0, 0.1) is 3.95 Å². The summed E-state index contributed by atoms with van der Waals surface area (Å²) in [5, 5.41) is 10.4. The van der Waals surface area contributed by atoms with Crippen molar-refractivity contribution in [3.8, 4) is 5.88 Å². The van der Waals surface area contributed by atoms with Gasteiger partial charge in [-0.2, -0.15) is 0 Å². The van der Waals surface area contributed by atoms with Gasteiger partial charge >= 0.3 is 5.97 Å². The molecule has 1 atom stereocenters. The van der Waals surface area contributed by atoms with E-state index in [1.807, 2.05) is 0 Å². The number of esters is 1. The number of para-hydroxylation sites is 1. The molecule has 0 spiro atoms. The van der Waals surface area contributed by atoms with E-state index < -0.39 is 5.97 Å². The molecule has 0 aliphatic carbocycles. The molecule has 8 heteroatoms. The largest absolute Gasteiger partial charge is 0.493 e. The molecule has 0 bridgehead atoms. The molecule has 6 nitrogen and oxygen atoms in total. The predicted octanol–water partition coefficient (Wildman–Crippen LogP) is 3.70. The fourth-order valence-electron chi connectivity index (χ4n) is 2.65. The van der Waals surface area contributed by atoms with Crippen molar-refractivity contribution < 1.29 is 19.4 Å². The summed E-state index contributed by atoms with van der Waals surface area (Å²) < 4.78 is 12.6. The molecule has 25 heavy (non-hydrogen) atoms. The molecule has 1 fully saturated rings. The number of rotatable bonds is 5. The topological polar surface area (TPSA) is 73.0 Å². The van der Waals surface area contributed by atoms with E-state index in [0.717, 1.165) is 19.4 Å². The van der Waals surface area contributed by atoms with E-state index in [1.54, 1.807) is 28.8 Å². The minimum absolute atomic E-state index is 0.0739. The minimum atomic E-state index is -0.458. The quantitative estimate of drug-likeness (QED) is 0.488. The molecule has 132 valence electrons. The number of nitrogens with zero attached hydrogens (tertiary/aromatic N) is 2. The fourth-order valence-corrected chi connectivity index (χ4v) is 3.84. The average molecular weight is 378 g/mol. The molecule has 0 radical (unpaired) electrons. The number of aromatic hydroxyl groups is 1. The Morgan fingerprint density at radius 1 is 1.56 bits per heavy atom. The lowest BCUT2D eigenvalue weighted by molar-refractivity contribution is 0.0601. The van der Waals surface area contributed by atoms with Gasteiger partial charge in [0.25, 0.3) is 0 Å². The van der Waals surface area contributed by atoms with E-state index in [2.05, 4.69) is 4.99 Å². The van der Waals surface area contributed by atoms with Gasteiger partial charge < -0.3 is 14.6 Å². The van der Waals surface area contributed by atoms with Crippen LogP contribution in [0.4, 0.5) is 5.69 Å². The van der Waals surface area contributed by atoms with Crippen LogP contribution in [0.1, 0.15) is 28.1 Å². The summed E-state index contributed by atoms with van der Waals surface area (Å²) in [4.78, 5) is 16.7. The number of carbonyl (C=O) groups is 1. The number of thiazole rings is 1. The third kappa shape index (κ3) is 3.97. The van der Waals surface area contributed by atoms with Crippen molar-refractivity contribution in [2.75, 3.05) is 13.7 Å². The minimum Gasteiger partial charge on any atom is -0.493 e. The van der Waals surface area contributed by atoms with E-state index in [-0.39, 0.29) is 12.0 Å². The maximum Gasteiger partial charge on any atom is 0.340 e. The second kappa shape index (κ2) is 7.90. The number of benzene rings is 1. The predicted molar refractivity (Wildman–Crippen MR) is 98.8 cm³/mol. The van der Waals surface area contributed by atoms with E-state index in [1.165, 1.54) is 24.7 Å². The van der Waals surface area contributed by atoms with Gasteiger partial charge in [0.2, 0.25) is 5.88 Å². The second-order valence-electron chi connectivity index (χ2n) is 5.57. The van der Waals surface area contributed by atoms with Gasteiger partial charge in [-0.3, -0.25) is 9.56 Å². The van der Waals surface area contributed by atoms with Gasteiger partial charge in [-0.05, 0) is 37.2 Å². The highest BCUT2D eigenvalue weighted by atomic mass is 32.1. The molecule has 3 rings (SSSR count). The first-order chi connectivity index (χ1) is 12.1. The zero-order valence-electron chi connectivity index (χ0n) is 13.7. The molecular formula is C17H18N2O4S2. The molecule has 1 saturated heterocycles. The Hall–Kier alpha value is -2.03. The lowest BCUT2D eigenvalue weighted by Gasteiger charge is -2.10. The highest BCUT2D eigenvalue weighted by Crippen LogP contribution is 2.28. The first kappa shape index (κ1) is 17.8. The molecule has 0 amide bonds. The summed E-state index contributed by atoms with van der Waals surface area (Å²) in [6, 6.07) is 6.87. The van der Waals surface area contributed by atoms with Crippen LogP contribution in [0.2, 0.25) is 0 Å². The van der Waals surface area contributed by atoms with Gasteiger partial charge in [0, 0.05) is 6.61 Å². The molecule has 1 N–H and O–H groups in total. The van der Waals surface area contributed by atoms with Crippen molar-refractivity contribution >= 4 is 41.4 Å².